The first kappa shape index (κ1) is 23.6. The predicted molar refractivity (Wildman–Crippen MR) is 120 cm³/mol. The summed E-state index contributed by atoms with van der Waals surface area (Å²) in [6.07, 6.45) is 2.95. The highest BCUT2D eigenvalue weighted by Crippen LogP contribution is 2.44. The van der Waals surface area contributed by atoms with Gasteiger partial charge in [-0.25, -0.2) is 15.0 Å². The molecule has 4 atom stereocenters. The number of alkyl halides is 1. The molecule has 1 fully saturated rings. The van der Waals surface area contributed by atoms with Crippen LogP contribution in [0.1, 0.15) is 40.3 Å². The van der Waals surface area contributed by atoms with Crippen LogP contribution < -0.4 is 5.73 Å². The molecule has 3 rings (SSSR count). The van der Waals surface area contributed by atoms with Gasteiger partial charge in [0.15, 0.2) is 31.8 Å². The van der Waals surface area contributed by atoms with Gasteiger partial charge in [0.1, 0.15) is 11.8 Å². The Labute approximate surface area is 186 Å². The molecule has 166 valence electrons. The van der Waals surface area contributed by atoms with Crippen LogP contribution in [-0.2, 0) is 18.6 Å². The number of aromatic nitrogens is 4. The summed E-state index contributed by atoms with van der Waals surface area (Å²) in [7, 11) is -0.126. The van der Waals surface area contributed by atoms with Gasteiger partial charge >= 0.3 is 0 Å². The molecule has 1 unspecified atom stereocenters. The van der Waals surface area contributed by atoms with Gasteiger partial charge in [-0.15, -0.1) is 11.6 Å². The maximum atomic E-state index is 11.8. The van der Waals surface area contributed by atoms with Crippen LogP contribution in [0.5, 0.6) is 0 Å². The molecule has 0 saturated carbocycles. The van der Waals surface area contributed by atoms with Gasteiger partial charge in [0.25, 0.3) is 0 Å². The van der Waals surface area contributed by atoms with Crippen LogP contribution in [0.3, 0.4) is 0 Å². The van der Waals surface area contributed by atoms with Gasteiger partial charge in [-0.3, -0.25) is 9.36 Å². The van der Waals surface area contributed by atoms with E-state index in [9.17, 15) is 4.79 Å². The number of carbonyl (C=O) groups is 1. The normalized spacial score (nSPS) is 25.0. The second kappa shape index (κ2) is 9.63. The van der Waals surface area contributed by atoms with Gasteiger partial charge in [-0.1, -0.05) is 32.5 Å². The molecule has 2 aromatic heterocycles. The van der Waals surface area contributed by atoms with Gasteiger partial charge in [0, 0.05) is 11.2 Å². The third-order valence-electron chi connectivity index (χ3n) is 4.52. The SMILES string of the molecule is CC(C)(C)C(=O)SCCOPOC[C@@H]1C[C@@](C)(Cl)[C@H](n2cnc3c(N)ncnc32)O1. The van der Waals surface area contributed by atoms with E-state index in [1.165, 1.54) is 18.1 Å². The van der Waals surface area contributed by atoms with Crippen molar-refractivity contribution in [1.29, 1.82) is 0 Å². The van der Waals surface area contributed by atoms with E-state index in [1.54, 1.807) is 10.9 Å². The highest BCUT2D eigenvalue weighted by Gasteiger charge is 2.45. The Hall–Kier alpha value is -1.03. The summed E-state index contributed by atoms with van der Waals surface area (Å²) in [5, 5.41) is 0.154. The van der Waals surface area contributed by atoms with Crippen LogP contribution in [0.25, 0.3) is 11.2 Å². The molecule has 2 N–H and O–H groups in total. The second-order valence-electron chi connectivity index (χ2n) is 8.30. The number of nitrogens with zero attached hydrogens (tertiary/aromatic N) is 4. The fourth-order valence-corrected chi connectivity index (χ4v) is 4.80. The van der Waals surface area contributed by atoms with Crippen molar-refractivity contribution in [1.82, 2.24) is 19.5 Å². The van der Waals surface area contributed by atoms with Crippen molar-refractivity contribution in [2.45, 2.75) is 51.3 Å². The van der Waals surface area contributed by atoms with Gasteiger partial charge in [0.2, 0.25) is 0 Å². The molecule has 30 heavy (non-hydrogen) atoms. The molecular weight excluding hydrogens is 449 g/mol. The molecule has 0 bridgehead atoms. The van der Waals surface area contributed by atoms with Gasteiger partial charge in [0.05, 0.1) is 30.5 Å². The Bertz CT molecular complexity index is 891. The number of imidazole rings is 1. The van der Waals surface area contributed by atoms with E-state index in [2.05, 4.69) is 15.0 Å². The van der Waals surface area contributed by atoms with Crippen molar-refractivity contribution in [2.75, 3.05) is 24.7 Å². The largest absolute Gasteiger partial charge is 0.382 e. The number of ether oxygens (including phenoxy) is 1. The molecule has 0 amide bonds. The molecule has 1 aliphatic rings. The van der Waals surface area contributed by atoms with Crippen molar-refractivity contribution in [2.24, 2.45) is 5.41 Å². The number of thioether (sulfide) groups is 1. The molecule has 2 aromatic rings. The van der Waals surface area contributed by atoms with Crippen molar-refractivity contribution in [3.63, 3.8) is 0 Å². The number of rotatable bonds is 8. The van der Waals surface area contributed by atoms with E-state index in [1.807, 2.05) is 27.7 Å². The number of anilines is 1. The van der Waals surface area contributed by atoms with E-state index < -0.39 is 11.1 Å². The predicted octanol–water partition coefficient (Wildman–Crippen LogP) is 3.54. The first-order valence-corrected chi connectivity index (χ1v) is 11.7. The first-order valence-electron chi connectivity index (χ1n) is 9.53. The Balaban J connectivity index is 1.45. The standard InChI is InChI=1S/C18H27ClN5O4PS/c1-17(2,3)16(25)30-6-5-26-29-27-8-11-7-18(4,19)15(28-11)24-10-23-12-13(20)21-9-22-14(12)24/h9-11,15,29H,5-8H2,1-4H3,(H2,20,21,22)/t11-,15+,18+/m0/s1. The molecule has 0 spiro atoms. The molecule has 1 aliphatic heterocycles. The van der Waals surface area contributed by atoms with Gasteiger partial charge in [-0.2, -0.15) is 0 Å². The van der Waals surface area contributed by atoms with Crippen LogP contribution in [0, 0.1) is 5.41 Å². The van der Waals surface area contributed by atoms with Crippen LogP contribution >= 0.6 is 32.4 Å². The molecule has 0 aliphatic carbocycles. The van der Waals surface area contributed by atoms with E-state index in [-0.39, 0.29) is 25.7 Å². The van der Waals surface area contributed by atoms with Crippen LogP contribution in [0.2, 0.25) is 0 Å². The molecule has 0 aromatic carbocycles. The second-order valence-corrected chi connectivity index (χ2v) is 11.0. The summed E-state index contributed by atoms with van der Waals surface area (Å²) in [6, 6.07) is 0. The lowest BCUT2D eigenvalue weighted by molar-refractivity contribution is -0.117. The summed E-state index contributed by atoms with van der Waals surface area (Å²) in [5.74, 6) is 0.918. The number of carbonyl (C=O) groups excluding carboxylic acids is 1. The molecule has 12 heteroatoms. The maximum absolute atomic E-state index is 11.8. The zero-order valence-corrected chi connectivity index (χ0v) is 20.0. The molecule has 3 heterocycles. The zero-order valence-electron chi connectivity index (χ0n) is 17.4. The molecule has 1 saturated heterocycles. The lowest BCUT2D eigenvalue weighted by Crippen LogP contribution is -2.26. The number of fused-ring (bicyclic) bond motifs is 1. The minimum atomic E-state index is -0.657. The first-order chi connectivity index (χ1) is 14.1. The van der Waals surface area contributed by atoms with E-state index >= 15 is 0 Å². The quantitative estimate of drug-likeness (QED) is 0.347. The van der Waals surface area contributed by atoms with Gasteiger partial charge in [-0.05, 0) is 13.3 Å². The highest BCUT2D eigenvalue weighted by molar-refractivity contribution is 8.13. The average Bonchev–Trinajstić information content (AvgIpc) is 3.20. The zero-order chi connectivity index (χ0) is 21.9. The minimum absolute atomic E-state index is 0.126. The number of hydrogen-bond donors (Lipinski definition) is 1. The summed E-state index contributed by atoms with van der Waals surface area (Å²) in [6.45, 7) is 8.44. The van der Waals surface area contributed by atoms with Gasteiger partial charge < -0.3 is 19.5 Å². The van der Waals surface area contributed by atoms with Crippen LogP contribution in [0.4, 0.5) is 5.82 Å². The Morgan fingerprint density at radius 1 is 1.43 bits per heavy atom. The van der Waals surface area contributed by atoms with Crippen LogP contribution in [0.15, 0.2) is 12.7 Å². The Morgan fingerprint density at radius 3 is 2.93 bits per heavy atom. The number of nitrogen functional groups attached to an aromatic ring is 1. The molecule has 9 nitrogen and oxygen atoms in total. The average molecular weight is 476 g/mol. The van der Waals surface area contributed by atoms with E-state index in [0.717, 1.165) is 0 Å². The van der Waals surface area contributed by atoms with E-state index in [0.29, 0.717) is 42.4 Å². The third-order valence-corrected chi connectivity index (χ3v) is 6.71. The van der Waals surface area contributed by atoms with Crippen molar-refractivity contribution in [3.8, 4) is 0 Å². The summed E-state index contributed by atoms with van der Waals surface area (Å²) in [4.78, 5) is 23.7. The third kappa shape index (κ3) is 5.60. The van der Waals surface area contributed by atoms with Crippen molar-refractivity contribution < 1.29 is 18.6 Å². The molecule has 0 radical (unpaired) electrons. The van der Waals surface area contributed by atoms with Crippen LogP contribution in [-0.4, -0.2) is 54.6 Å². The fourth-order valence-electron chi connectivity index (χ4n) is 3.02. The summed E-state index contributed by atoms with van der Waals surface area (Å²) >= 11 is 8.02. The van der Waals surface area contributed by atoms with E-state index in [4.69, 9.17) is 31.1 Å². The number of hydrogen-bond acceptors (Lipinski definition) is 9. The lowest BCUT2D eigenvalue weighted by Gasteiger charge is -2.23. The van der Waals surface area contributed by atoms with Crippen molar-refractivity contribution in [3.05, 3.63) is 12.7 Å². The maximum Gasteiger partial charge on any atom is 0.194 e. The topological polar surface area (TPSA) is 114 Å². The summed E-state index contributed by atoms with van der Waals surface area (Å²) in [5.41, 5.74) is 6.62. The highest BCUT2D eigenvalue weighted by atomic mass is 35.5. The summed E-state index contributed by atoms with van der Waals surface area (Å²) < 4.78 is 19.0. The lowest BCUT2D eigenvalue weighted by atomic mass is 10.00. The minimum Gasteiger partial charge on any atom is -0.382 e. The fraction of sp³-hybridized carbons (Fsp3) is 0.667. The number of nitrogens with two attached hydrogens (primary N) is 1. The number of halogens is 1. The monoisotopic (exact) mass is 475 g/mol. The molecular formula is C18H27ClN5O4PS. The smallest absolute Gasteiger partial charge is 0.194 e. The Kier molecular flexibility index (Phi) is 7.58. The Morgan fingerprint density at radius 2 is 2.20 bits per heavy atom. The van der Waals surface area contributed by atoms with Crippen molar-refractivity contribution >= 4 is 54.5 Å².